The van der Waals surface area contributed by atoms with Gasteiger partial charge in [-0.15, -0.1) is 0 Å². The number of amides is 2. The number of hydrazine groups is 1. The van der Waals surface area contributed by atoms with E-state index >= 15 is 0 Å². The molecule has 0 radical (unpaired) electrons. The van der Waals surface area contributed by atoms with Gasteiger partial charge in [0.15, 0.2) is 17.7 Å². The largest absolute Gasteiger partial charge is 0.494 e. The van der Waals surface area contributed by atoms with E-state index in [1.54, 1.807) is 6.07 Å². The quantitative estimate of drug-likeness (QED) is 0.489. The summed E-state index contributed by atoms with van der Waals surface area (Å²) in [6.07, 6.45) is -0.304. The predicted molar refractivity (Wildman–Crippen MR) is 102 cm³/mol. The van der Waals surface area contributed by atoms with Gasteiger partial charge in [0.05, 0.1) is 6.61 Å². The van der Waals surface area contributed by atoms with Crippen LogP contribution >= 0.6 is 15.9 Å². The Hall–Kier alpha value is -2.61. The molecule has 0 spiro atoms. The zero-order valence-corrected chi connectivity index (χ0v) is 16.3. The lowest BCUT2D eigenvalue weighted by Gasteiger charge is -2.15. The molecular weight excluding hydrogens is 419 g/mol. The van der Waals surface area contributed by atoms with Gasteiger partial charge in [-0.1, -0.05) is 28.1 Å². The van der Waals surface area contributed by atoms with Crippen molar-refractivity contribution in [3.8, 4) is 11.5 Å². The van der Waals surface area contributed by atoms with E-state index < -0.39 is 17.8 Å². The molecule has 2 aromatic carbocycles. The van der Waals surface area contributed by atoms with Crippen LogP contribution in [-0.4, -0.2) is 24.5 Å². The molecule has 0 saturated carbocycles. The smallest absolute Gasteiger partial charge is 0.279 e. The van der Waals surface area contributed by atoms with Crippen molar-refractivity contribution in [1.29, 1.82) is 0 Å². The Morgan fingerprint density at radius 3 is 2.52 bits per heavy atom. The number of para-hydroxylation sites is 1. The maximum Gasteiger partial charge on any atom is 0.279 e. The molecule has 8 heteroatoms. The van der Waals surface area contributed by atoms with Crippen molar-refractivity contribution < 1.29 is 23.5 Å². The molecule has 2 amide bonds. The summed E-state index contributed by atoms with van der Waals surface area (Å²) >= 11 is 3.34. The fourth-order valence-corrected chi connectivity index (χ4v) is 2.30. The van der Waals surface area contributed by atoms with Gasteiger partial charge in [-0.2, -0.15) is 0 Å². The van der Waals surface area contributed by atoms with Gasteiger partial charge < -0.3 is 9.47 Å². The molecular formula is C19H20BrFN2O4. The van der Waals surface area contributed by atoms with E-state index in [1.807, 2.05) is 24.3 Å². The first kappa shape index (κ1) is 20.7. The van der Waals surface area contributed by atoms with Gasteiger partial charge in [0.2, 0.25) is 5.91 Å². The van der Waals surface area contributed by atoms with Gasteiger partial charge in [-0.25, -0.2) is 4.39 Å². The number of rotatable bonds is 8. The number of halogens is 2. The fourth-order valence-electron chi connectivity index (χ4n) is 2.03. The second-order valence-corrected chi connectivity index (χ2v) is 6.55. The molecule has 144 valence electrons. The maximum absolute atomic E-state index is 13.5. The third-order valence-corrected chi connectivity index (χ3v) is 3.99. The molecule has 0 aromatic heterocycles. The maximum atomic E-state index is 13.5. The van der Waals surface area contributed by atoms with Crippen LogP contribution in [0.15, 0.2) is 53.0 Å². The summed E-state index contributed by atoms with van der Waals surface area (Å²) in [5.41, 5.74) is 4.55. The number of hydrogen-bond donors (Lipinski definition) is 2. The number of hydrogen-bond acceptors (Lipinski definition) is 4. The summed E-state index contributed by atoms with van der Waals surface area (Å²) in [7, 11) is 0. The first-order valence-electron chi connectivity index (χ1n) is 8.34. The van der Waals surface area contributed by atoms with E-state index in [2.05, 4.69) is 26.8 Å². The zero-order valence-electron chi connectivity index (χ0n) is 14.7. The summed E-state index contributed by atoms with van der Waals surface area (Å²) in [5, 5.41) is 0. The molecule has 1 unspecified atom stereocenters. The summed E-state index contributed by atoms with van der Waals surface area (Å²) in [6, 6.07) is 13.1. The van der Waals surface area contributed by atoms with Gasteiger partial charge in [0.1, 0.15) is 5.75 Å². The number of ether oxygens (including phenoxy) is 2. The molecule has 0 saturated heterocycles. The highest BCUT2D eigenvalue weighted by Gasteiger charge is 2.16. The van der Waals surface area contributed by atoms with Crippen LogP contribution in [0.25, 0.3) is 0 Å². The van der Waals surface area contributed by atoms with Crippen LogP contribution in [0.5, 0.6) is 11.5 Å². The molecule has 2 aromatic rings. The zero-order chi connectivity index (χ0) is 19.6. The lowest BCUT2D eigenvalue weighted by molar-refractivity contribution is -0.132. The lowest BCUT2D eigenvalue weighted by atomic mass is 10.3. The van der Waals surface area contributed by atoms with E-state index in [4.69, 9.17) is 9.47 Å². The number of carbonyl (C=O) groups is 2. The third kappa shape index (κ3) is 7.26. The highest BCUT2D eigenvalue weighted by molar-refractivity contribution is 9.10. The Balaban J connectivity index is 1.63. The van der Waals surface area contributed by atoms with Crippen molar-refractivity contribution in [2.45, 2.75) is 25.9 Å². The monoisotopic (exact) mass is 438 g/mol. The van der Waals surface area contributed by atoms with Crippen molar-refractivity contribution in [3.63, 3.8) is 0 Å². The average molecular weight is 439 g/mol. The number of benzene rings is 2. The van der Waals surface area contributed by atoms with Gasteiger partial charge >= 0.3 is 0 Å². The Morgan fingerprint density at radius 2 is 1.81 bits per heavy atom. The van der Waals surface area contributed by atoms with Crippen molar-refractivity contribution in [1.82, 2.24) is 10.9 Å². The van der Waals surface area contributed by atoms with Gasteiger partial charge in [-0.3, -0.25) is 20.4 Å². The highest BCUT2D eigenvalue weighted by atomic mass is 79.9. The van der Waals surface area contributed by atoms with E-state index in [0.29, 0.717) is 18.8 Å². The Bertz CT molecular complexity index is 771. The Morgan fingerprint density at radius 1 is 1.11 bits per heavy atom. The van der Waals surface area contributed by atoms with Crippen molar-refractivity contribution >= 4 is 27.7 Å². The number of carbonyl (C=O) groups excluding carboxylic acids is 2. The molecule has 6 nitrogen and oxygen atoms in total. The minimum atomic E-state index is -0.970. The van der Waals surface area contributed by atoms with E-state index in [-0.39, 0.29) is 18.1 Å². The summed E-state index contributed by atoms with van der Waals surface area (Å²) in [4.78, 5) is 23.7. The van der Waals surface area contributed by atoms with E-state index in [1.165, 1.54) is 25.1 Å². The molecule has 0 heterocycles. The molecule has 1 atom stereocenters. The van der Waals surface area contributed by atoms with Crippen molar-refractivity contribution in [3.05, 3.63) is 58.8 Å². The van der Waals surface area contributed by atoms with Crippen LogP contribution in [0.1, 0.15) is 19.8 Å². The normalized spacial score (nSPS) is 11.4. The average Bonchev–Trinajstić information content (AvgIpc) is 2.66. The van der Waals surface area contributed by atoms with Crippen LogP contribution in [0.2, 0.25) is 0 Å². The standard InChI is InChI=1S/C19H20BrFN2O4/c1-13(27-17-6-3-2-5-16(17)21)19(25)23-22-18(24)7-4-12-26-15-10-8-14(20)9-11-15/h2-3,5-6,8-11,13H,4,7,12H2,1H3,(H,22,24)(H,23,25). The highest BCUT2D eigenvalue weighted by Crippen LogP contribution is 2.17. The molecule has 0 bridgehead atoms. The van der Waals surface area contributed by atoms with E-state index in [9.17, 15) is 14.0 Å². The van der Waals surface area contributed by atoms with Crippen LogP contribution in [0, 0.1) is 5.82 Å². The van der Waals surface area contributed by atoms with Crippen LogP contribution in [0.3, 0.4) is 0 Å². The molecule has 27 heavy (non-hydrogen) atoms. The minimum absolute atomic E-state index is 0.0310. The second-order valence-electron chi connectivity index (χ2n) is 5.63. The molecule has 0 aliphatic rings. The van der Waals surface area contributed by atoms with Crippen LogP contribution in [-0.2, 0) is 9.59 Å². The predicted octanol–water partition coefficient (Wildman–Crippen LogP) is 3.36. The summed E-state index contributed by atoms with van der Waals surface area (Å²) in [6.45, 7) is 1.83. The minimum Gasteiger partial charge on any atom is -0.494 e. The Labute approximate surface area is 165 Å². The van der Waals surface area contributed by atoms with Crippen molar-refractivity contribution in [2.24, 2.45) is 0 Å². The SMILES string of the molecule is CC(Oc1ccccc1F)C(=O)NNC(=O)CCCOc1ccc(Br)cc1. The van der Waals surface area contributed by atoms with Crippen LogP contribution < -0.4 is 20.3 Å². The molecule has 0 aliphatic heterocycles. The van der Waals surface area contributed by atoms with Gasteiger partial charge in [0.25, 0.3) is 5.91 Å². The molecule has 0 aliphatic carbocycles. The lowest BCUT2D eigenvalue weighted by Crippen LogP contribution is -2.47. The van der Waals surface area contributed by atoms with Gasteiger partial charge in [-0.05, 0) is 49.7 Å². The first-order chi connectivity index (χ1) is 13.0. The molecule has 2 N–H and O–H groups in total. The summed E-state index contributed by atoms with van der Waals surface area (Å²) in [5.74, 6) is -0.826. The number of nitrogens with one attached hydrogen (secondary N) is 2. The molecule has 0 fully saturated rings. The fraction of sp³-hybridized carbons (Fsp3) is 0.263. The van der Waals surface area contributed by atoms with E-state index in [0.717, 1.165) is 4.47 Å². The second kappa shape index (κ2) is 10.5. The summed E-state index contributed by atoms with van der Waals surface area (Å²) < 4.78 is 25.2. The first-order valence-corrected chi connectivity index (χ1v) is 9.13. The molecule has 2 rings (SSSR count). The topological polar surface area (TPSA) is 76.7 Å². The van der Waals surface area contributed by atoms with Crippen molar-refractivity contribution in [2.75, 3.05) is 6.61 Å². The van der Waals surface area contributed by atoms with Crippen LogP contribution in [0.4, 0.5) is 4.39 Å². The third-order valence-electron chi connectivity index (χ3n) is 3.47. The van der Waals surface area contributed by atoms with Gasteiger partial charge in [0, 0.05) is 10.9 Å². The Kier molecular flexibility index (Phi) is 8.06.